The molecule has 1 aliphatic carbocycles. The van der Waals surface area contributed by atoms with Crippen LogP contribution >= 0.6 is 0 Å². The highest BCUT2D eigenvalue weighted by Gasteiger charge is 2.65. The fourth-order valence-electron chi connectivity index (χ4n) is 6.47. The van der Waals surface area contributed by atoms with Gasteiger partial charge < -0.3 is 15.0 Å². The maximum absolute atomic E-state index is 13.9. The van der Waals surface area contributed by atoms with Crippen molar-refractivity contribution in [3.63, 3.8) is 0 Å². The number of carbonyl (C=O) groups is 3. The molecule has 7 nitrogen and oxygen atoms in total. The highest BCUT2D eigenvalue weighted by molar-refractivity contribution is 6.10. The first-order valence-corrected chi connectivity index (χ1v) is 12.4. The Morgan fingerprint density at radius 2 is 1.66 bits per heavy atom. The van der Waals surface area contributed by atoms with E-state index in [1.807, 2.05) is 41.4 Å². The number of imide groups is 1. The van der Waals surface area contributed by atoms with E-state index in [0.29, 0.717) is 11.4 Å². The van der Waals surface area contributed by atoms with Crippen molar-refractivity contribution in [2.75, 3.05) is 12.4 Å². The number of likely N-dealkylation sites (tertiary alicyclic amines) is 1. The summed E-state index contributed by atoms with van der Waals surface area (Å²) in [6, 6.07) is 13.9. The maximum Gasteiger partial charge on any atom is 0.247 e. The van der Waals surface area contributed by atoms with Crippen LogP contribution in [0.15, 0.2) is 54.7 Å². The molecule has 2 aromatic rings. The molecule has 1 N–H and O–H groups in total. The lowest BCUT2D eigenvalue weighted by Crippen LogP contribution is -2.49. The molecule has 3 fully saturated rings. The van der Waals surface area contributed by atoms with Gasteiger partial charge in [0.2, 0.25) is 17.7 Å². The molecule has 0 spiro atoms. The van der Waals surface area contributed by atoms with Gasteiger partial charge in [0.05, 0.1) is 25.0 Å². The van der Waals surface area contributed by atoms with Crippen molar-refractivity contribution in [1.82, 2.24) is 9.80 Å². The quantitative estimate of drug-likeness (QED) is 0.683. The van der Waals surface area contributed by atoms with Crippen LogP contribution in [-0.4, -0.2) is 46.7 Å². The predicted octanol–water partition coefficient (Wildman–Crippen LogP) is 3.98. The summed E-state index contributed by atoms with van der Waals surface area (Å²) >= 11 is 0. The van der Waals surface area contributed by atoms with Gasteiger partial charge in [0, 0.05) is 17.9 Å². The van der Waals surface area contributed by atoms with Crippen LogP contribution in [-0.2, 0) is 14.4 Å². The minimum absolute atomic E-state index is 0.0533. The Balaban J connectivity index is 1.38. The van der Waals surface area contributed by atoms with E-state index in [2.05, 4.69) is 5.32 Å². The van der Waals surface area contributed by atoms with Crippen molar-refractivity contribution in [3.8, 4) is 5.75 Å². The lowest BCUT2D eigenvalue weighted by molar-refractivity contribution is -0.146. The monoisotopic (exact) mass is 471 g/mol. The molecule has 6 rings (SSSR count). The summed E-state index contributed by atoms with van der Waals surface area (Å²) in [5, 5.41) is 2.98. The number of anilines is 1. The third kappa shape index (κ3) is 3.44. The van der Waals surface area contributed by atoms with Crippen molar-refractivity contribution >= 4 is 29.5 Å². The first-order chi connectivity index (χ1) is 17.1. The number of hydrogen-bond acceptors (Lipinski definition) is 5. The second kappa shape index (κ2) is 8.56. The third-order valence-electron chi connectivity index (χ3n) is 8.06. The topological polar surface area (TPSA) is 79.0 Å². The largest absolute Gasteiger partial charge is 0.497 e. The molecule has 3 heterocycles. The van der Waals surface area contributed by atoms with Gasteiger partial charge in [-0.25, -0.2) is 0 Å². The third-order valence-corrected chi connectivity index (χ3v) is 8.06. The Morgan fingerprint density at radius 3 is 2.40 bits per heavy atom. The molecule has 2 saturated heterocycles. The van der Waals surface area contributed by atoms with Gasteiger partial charge in [0.15, 0.2) is 0 Å². The Labute approximate surface area is 204 Å². The van der Waals surface area contributed by atoms with E-state index in [1.165, 1.54) is 4.90 Å². The number of methoxy groups -OCH3 is 1. The van der Waals surface area contributed by atoms with E-state index in [1.54, 1.807) is 31.4 Å². The fourth-order valence-corrected chi connectivity index (χ4v) is 6.47. The molecule has 1 saturated carbocycles. The van der Waals surface area contributed by atoms with Crippen LogP contribution in [0, 0.1) is 11.8 Å². The van der Waals surface area contributed by atoms with Crippen molar-refractivity contribution in [2.45, 2.75) is 50.2 Å². The van der Waals surface area contributed by atoms with Gasteiger partial charge >= 0.3 is 0 Å². The Hall–Kier alpha value is -3.61. The fraction of sp³-hybridized carbons (Fsp3) is 0.393. The summed E-state index contributed by atoms with van der Waals surface area (Å²) in [6.45, 7) is 0. The number of amides is 3. The number of nitrogens with one attached hydrogen (secondary N) is 1. The number of fused-ring (bicyclic) bond motifs is 5. The van der Waals surface area contributed by atoms with Crippen molar-refractivity contribution < 1.29 is 19.1 Å². The van der Waals surface area contributed by atoms with E-state index in [4.69, 9.17) is 4.74 Å². The number of benzene rings is 2. The van der Waals surface area contributed by atoms with E-state index in [-0.39, 0.29) is 29.8 Å². The first kappa shape index (κ1) is 21.9. The molecule has 0 unspecified atom stereocenters. The summed E-state index contributed by atoms with van der Waals surface area (Å²) in [7, 11) is 1.59. The van der Waals surface area contributed by atoms with Gasteiger partial charge in [-0.2, -0.15) is 0 Å². The Morgan fingerprint density at radius 1 is 0.943 bits per heavy atom. The highest BCUT2D eigenvalue weighted by atomic mass is 16.5. The Bertz CT molecular complexity index is 1200. The number of hydrogen-bond donors (Lipinski definition) is 1. The lowest BCUT2D eigenvalue weighted by atomic mass is 9.84. The van der Waals surface area contributed by atoms with Gasteiger partial charge in [0.1, 0.15) is 11.8 Å². The van der Waals surface area contributed by atoms with Gasteiger partial charge in [-0.05, 0) is 54.3 Å². The minimum Gasteiger partial charge on any atom is -0.497 e. The molecule has 7 heteroatoms. The molecule has 4 aliphatic rings. The van der Waals surface area contributed by atoms with Gasteiger partial charge in [-0.3, -0.25) is 19.3 Å². The summed E-state index contributed by atoms with van der Waals surface area (Å²) < 4.78 is 5.21. The Kier molecular flexibility index (Phi) is 5.35. The average molecular weight is 472 g/mol. The van der Waals surface area contributed by atoms with Crippen molar-refractivity contribution in [2.24, 2.45) is 11.8 Å². The van der Waals surface area contributed by atoms with E-state index >= 15 is 0 Å². The molecule has 0 aromatic heterocycles. The lowest BCUT2D eigenvalue weighted by Gasteiger charge is -2.37. The van der Waals surface area contributed by atoms with Crippen LogP contribution in [0.1, 0.15) is 49.3 Å². The number of ether oxygens (including phenoxy) is 1. The predicted molar refractivity (Wildman–Crippen MR) is 131 cm³/mol. The molecule has 35 heavy (non-hydrogen) atoms. The van der Waals surface area contributed by atoms with Gasteiger partial charge in [-0.1, -0.05) is 43.5 Å². The number of nitrogens with zero attached hydrogens (tertiary/aromatic N) is 2. The van der Waals surface area contributed by atoms with Crippen LogP contribution < -0.4 is 10.1 Å². The minimum atomic E-state index is -0.762. The van der Waals surface area contributed by atoms with Gasteiger partial charge in [0.25, 0.3) is 0 Å². The number of carbonyl (C=O) groups excluding carboxylic acids is 3. The van der Waals surface area contributed by atoms with E-state index < -0.39 is 17.9 Å². The smallest absolute Gasteiger partial charge is 0.247 e. The second-order valence-corrected chi connectivity index (χ2v) is 9.89. The van der Waals surface area contributed by atoms with Crippen LogP contribution in [0.5, 0.6) is 5.75 Å². The van der Waals surface area contributed by atoms with Crippen LogP contribution in [0.25, 0.3) is 6.08 Å². The maximum atomic E-state index is 13.9. The highest BCUT2D eigenvalue weighted by Crippen LogP contribution is 2.53. The SMILES string of the molecule is COc1ccc(NC(=O)[C@@H]2[C@@H]3C(=O)N(C4CCCCC4)C(=O)[C@H]3[C@H]3c4ccccc4C=CN23)cc1. The molecule has 180 valence electrons. The van der Waals surface area contributed by atoms with E-state index in [9.17, 15) is 14.4 Å². The van der Waals surface area contributed by atoms with Crippen LogP contribution in [0.4, 0.5) is 5.69 Å². The standard InChI is InChI=1S/C28H29N3O4/c1-35-20-13-11-18(12-14-20)29-26(32)25-23-22(24-21-10-6-5-7-17(21)15-16-30(24)25)27(33)31(28(23)34)19-8-3-2-4-9-19/h5-7,10-16,19,22-25H,2-4,8-9H2,1H3,(H,29,32)/t22-,23-,24-,25+/m1/s1. The molecular weight excluding hydrogens is 442 g/mol. The molecule has 3 amide bonds. The zero-order chi connectivity index (χ0) is 24.1. The van der Waals surface area contributed by atoms with E-state index in [0.717, 1.165) is 43.2 Å². The van der Waals surface area contributed by atoms with Gasteiger partial charge in [-0.15, -0.1) is 0 Å². The second-order valence-electron chi connectivity index (χ2n) is 9.89. The summed E-state index contributed by atoms with van der Waals surface area (Å²) in [4.78, 5) is 44.9. The zero-order valence-electron chi connectivity index (χ0n) is 19.7. The molecule has 2 aromatic carbocycles. The first-order valence-electron chi connectivity index (χ1n) is 12.4. The molecule has 3 aliphatic heterocycles. The molecule has 4 atom stereocenters. The van der Waals surface area contributed by atoms with Crippen LogP contribution in [0.3, 0.4) is 0 Å². The normalized spacial score (nSPS) is 27.5. The van der Waals surface area contributed by atoms with Crippen LogP contribution in [0.2, 0.25) is 0 Å². The molecule has 0 radical (unpaired) electrons. The summed E-state index contributed by atoms with van der Waals surface area (Å²) in [5.41, 5.74) is 2.65. The molecular formula is C28H29N3O4. The number of rotatable bonds is 4. The summed E-state index contributed by atoms with van der Waals surface area (Å²) in [5.74, 6) is -1.16. The zero-order valence-corrected chi connectivity index (χ0v) is 19.7. The molecule has 0 bridgehead atoms. The summed E-state index contributed by atoms with van der Waals surface area (Å²) in [6.07, 6.45) is 8.75. The van der Waals surface area contributed by atoms with Crippen molar-refractivity contribution in [1.29, 1.82) is 0 Å². The van der Waals surface area contributed by atoms with Crippen molar-refractivity contribution in [3.05, 3.63) is 65.9 Å². The average Bonchev–Trinajstić information content (AvgIpc) is 3.37.